The zero-order chi connectivity index (χ0) is 13.5. The predicted molar refractivity (Wildman–Crippen MR) is 78.3 cm³/mol. The van der Waals surface area contributed by atoms with Crippen molar-refractivity contribution in [1.82, 2.24) is 5.32 Å². The molecule has 18 heavy (non-hydrogen) atoms. The lowest BCUT2D eigenvalue weighted by Gasteiger charge is -2.21. The molecule has 1 aromatic carbocycles. The van der Waals surface area contributed by atoms with E-state index in [1.807, 2.05) is 44.2 Å². The van der Waals surface area contributed by atoms with Crippen LogP contribution >= 0.6 is 12.2 Å². The molecule has 1 rings (SSSR count). The van der Waals surface area contributed by atoms with Crippen LogP contribution in [0, 0.1) is 5.92 Å². The highest BCUT2D eigenvalue weighted by atomic mass is 32.1. The van der Waals surface area contributed by atoms with Crippen molar-refractivity contribution < 1.29 is 4.79 Å². The maximum Gasteiger partial charge on any atom is 0.220 e. The minimum Gasteiger partial charge on any atom is -0.392 e. The SMILES string of the molecule is CC(C)C(NC(=O)CCc1ccccc1)C(N)=S. The van der Waals surface area contributed by atoms with Gasteiger partial charge in [0.25, 0.3) is 0 Å². The van der Waals surface area contributed by atoms with Gasteiger partial charge in [-0.05, 0) is 17.9 Å². The quantitative estimate of drug-likeness (QED) is 0.773. The fourth-order valence-electron chi connectivity index (χ4n) is 1.71. The van der Waals surface area contributed by atoms with Gasteiger partial charge in [0.05, 0.1) is 11.0 Å². The summed E-state index contributed by atoms with van der Waals surface area (Å²) in [5, 5.41) is 2.88. The molecule has 1 unspecified atom stereocenters. The molecular weight excluding hydrogens is 244 g/mol. The molecular formula is C14H20N2OS. The zero-order valence-corrected chi connectivity index (χ0v) is 11.7. The Hall–Kier alpha value is -1.42. The van der Waals surface area contributed by atoms with Gasteiger partial charge in [0.15, 0.2) is 0 Å². The molecule has 0 fully saturated rings. The Balaban J connectivity index is 2.44. The number of nitrogens with one attached hydrogen (secondary N) is 1. The van der Waals surface area contributed by atoms with E-state index < -0.39 is 0 Å². The number of nitrogens with two attached hydrogens (primary N) is 1. The molecule has 1 atom stereocenters. The smallest absolute Gasteiger partial charge is 0.220 e. The second-order valence-corrected chi connectivity index (χ2v) is 5.15. The van der Waals surface area contributed by atoms with E-state index >= 15 is 0 Å². The molecule has 0 radical (unpaired) electrons. The number of thiocarbonyl (C=S) groups is 1. The molecule has 0 aliphatic heterocycles. The lowest BCUT2D eigenvalue weighted by molar-refractivity contribution is -0.121. The van der Waals surface area contributed by atoms with E-state index in [2.05, 4.69) is 5.32 Å². The van der Waals surface area contributed by atoms with Gasteiger partial charge < -0.3 is 11.1 Å². The Kier molecular flexibility index (Phi) is 5.78. The minimum atomic E-state index is -0.219. The zero-order valence-electron chi connectivity index (χ0n) is 10.8. The summed E-state index contributed by atoms with van der Waals surface area (Å²) >= 11 is 4.95. The molecule has 0 aliphatic carbocycles. The monoisotopic (exact) mass is 264 g/mol. The third-order valence-corrected chi connectivity index (χ3v) is 3.03. The van der Waals surface area contributed by atoms with Crippen molar-refractivity contribution in [3.05, 3.63) is 35.9 Å². The Morgan fingerprint density at radius 2 is 1.94 bits per heavy atom. The number of benzene rings is 1. The summed E-state index contributed by atoms with van der Waals surface area (Å²) in [5.74, 6) is 0.202. The number of amides is 1. The van der Waals surface area contributed by atoms with Crippen molar-refractivity contribution in [3.8, 4) is 0 Å². The summed E-state index contributed by atoms with van der Waals surface area (Å²) in [7, 11) is 0. The van der Waals surface area contributed by atoms with E-state index in [1.165, 1.54) is 0 Å². The van der Waals surface area contributed by atoms with Crippen LogP contribution in [-0.4, -0.2) is 16.9 Å². The number of hydrogen-bond donors (Lipinski definition) is 2. The number of carbonyl (C=O) groups is 1. The Labute approximate surface area is 114 Å². The molecule has 1 amide bonds. The number of rotatable bonds is 6. The van der Waals surface area contributed by atoms with Crippen molar-refractivity contribution in [2.24, 2.45) is 11.7 Å². The summed E-state index contributed by atoms with van der Waals surface area (Å²) in [6.07, 6.45) is 1.19. The summed E-state index contributed by atoms with van der Waals surface area (Å²) < 4.78 is 0. The largest absolute Gasteiger partial charge is 0.392 e. The second kappa shape index (κ2) is 7.11. The van der Waals surface area contributed by atoms with Crippen LogP contribution in [0.3, 0.4) is 0 Å². The summed E-state index contributed by atoms with van der Waals surface area (Å²) in [6, 6.07) is 9.72. The fraction of sp³-hybridized carbons (Fsp3) is 0.429. The Morgan fingerprint density at radius 3 is 2.44 bits per heavy atom. The molecule has 1 aromatic rings. The van der Waals surface area contributed by atoms with Crippen molar-refractivity contribution in [1.29, 1.82) is 0 Å². The van der Waals surface area contributed by atoms with Crippen LogP contribution in [0.15, 0.2) is 30.3 Å². The van der Waals surface area contributed by atoms with Crippen LogP contribution in [0.25, 0.3) is 0 Å². The predicted octanol–water partition coefficient (Wildman–Crippen LogP) is 2.05. The van der Waals surface area contributed by atoms with E-state index in [9.17, 15) is 4.79 Å². The van der Waals surface area contributed by atoms with Crippen LogP contribution < -0.4 is 11.1 Å². The van der Waals surface area contributed by atoms with Crippen LogP contribution in [-0.2, 0) is 11.2 Å². The highest BCUT2D eigenvalue weighted by Crippen LogP contribution is 2.05. The van der Waals surface area contributed by atoms with E-state index in [1.54, 1.807) is 0 Å². The highest BCUT2D eigenvalue weighted by Gasteiger charge is 2.18. The first-order valence-electron chi connectivity index (χ1n) is 6.13. The Morgan fingerprint density at radius 1 is 1.33 bits per heavy atom. The van der Waals surface area contributed by atoms with E-state index in [-0.39, 0.29) is 17.9 Å². The number of hydrogen-bond acceptors (Lipinski definition) is 2. The summed E-state index contributed by atoms with van der Waals surface area (Å²) in [4.78, 5) is 12.2. The molecule has 0 saturated heterocycles. The average Bonchev–Trinajstić information content (AvgIpc) is 2.34. The van der Waals surface area contributed by atoms with Gasteiger partial charge in [-0.1, -0.05) is 56.4 Å². The van der Waals surface area contributed by atoms with Gasteiger partial charge in [-0.15, -0.1) is 0 Å². The molecule has 0 heterocycles. The van der Waals surface area contributed by atoms with Gasteiger partial charge in [-0.3, -0.25) is 4.79 Å². The van der Waals surface area contributed by atoms with Gasteiger partial charge in [-0.2, -0.15) is 0 Å². The van der Waals surface area contributed by atoms with Gasteiger partial charge in [0.2, 0.25) is 5.91 Å². The third kappa shape index (κ3) is 4.84. The lowest BCUT2D eigenvalue weighted by atomic mass is 10.0. The molecule has 0 saturated carbocycles. The van der Waals surface area contributed by atoms with E-state index in [0.717, 1.165) is 12.0 Å². The molecule has 0 aliphatic rings. The topological polar surface area (TPSA) is 55.1 Å². The van der Waals surface area contributed by atoms with Crippen molar-refractivity contribution >= 4 is 23.1 Å². The summed E-state index contributed by atoms with van der Waals surface area (Å²) in [5.41, 5.74) is 6.77. The molecule has 0 aromatic heterocycles. The summed E-state index contributed by atoms with van der Waals surface area (Å²) in [6.45, 7) is 3.97. The normalized spacial score (nSPS) is 12.2. The maximum absolute atomic E-state index is 11.8. The van der Waals surface area contributed by atoms with E-state index in [4.69, 9.17) is 18.0 Å². The molecule has 3 nitrogen and oxygen atoms in total. The standard InChI is InChI=1S/C14H20N2OS/c1-10(2)13(14(15)18)16-12(17)9-8-11-6-4-3-5-7-11/h3-7,10,13H,8-9H2,1-2H3,(H2,15,18)(H,16,17). The second-order valence-electron chi connectivity index (χ2n) is 4.68. The van der Waals surface area contributed by atoms with Crippen LogP contribution in [0.2, 0.25) is 0 Å². The number of aryl methyl sites for hydroxylation is 1. The Bertz CT molecular complexity index is 404. The first kappa shape index (κ1) is 14.6. The van der Waals surface area contributed by atoms with Crippen molar-refractivity contribution in [2.45, 2.75) is 32.7 Å². The van der Waals surface area contributed by atoms with Crippen molar-refractivity contribution in [3.63, 3.8) is 0 Å². The van der Waals surface area contributed by atoms with Crippen LogP contribution in [0.1, 0.15) is 25.8 Å². The first-order chi connectivity index (χ1) is 8.50. The molecule has 3 N–H and O–H groups in total. The molecule has 0 bridgehead atoms. The van der Waals surface area contributed by atoms with Gasteiger partial charge >= 0.3 is 0 Å². The van der Waals surface area contributed by atoms with Gasteiger partial charge in [0, 0.05) is 6.42 Å². The van der Waals surface area contributed by atoms with Crippen LogP contribution in [0.5, 0.6) is 0 Å². The minimum absolute atomic E-state index is 0.00893. The van der Waals surface area contributed by atoms with Crippen LogP contribution in [0.4, 0.5) is 0 Å². The number of carbonyl (C=O) groups excluding carboxylic acids is 1. The van der Waals surface area contributed by atoms with Gasteiger partial charge in [0.1, 0.15) is 0 Å². The third-order valence-electron chi connectivity index (χ3n) is 2.77. The maximum atomic E-state index is 11.8. The lowest BCUT2D eigenvalue weighted by Crippen LogP contribution is -2.46. The van der Waals surface area contributed by atoms with E-state index in [0.29, 0.717) is 11.4 Å². The molecule has 0 spiro atoms. The molecule has 4 heteroatoms. The first-order valence-corrected chi connectivity index (χ1v) is 6.54. The van der Waals surface area contributed by atoms with Gasteiger partial charge in [-0.25, -0.2) is 0 Å². The fourth-order valence-corrected chi connectivity index (χ4v) is 2.05. The average molecular weight is 264 g/mol. The highest BCUT2D eigenvalue weighted by molar-refractivity contribution is 7.80. The van der Waals surface area contributed by atoms with Crippen molar-refractivity contribution in [2.75, 3.05) is 0 Å². The molecule has 98 valence electrons.